The third kappa shape index (κ3) is 4.14. The van der Waals surface area contributed by atoms with Crippen LogP contribution in [0.4, 0.5) is 0 Å². The number of carbonyl (C=O) groups excluding carboxylic acids is 1. The number of hydrogen-bond donors (Lipinski definition) is 3. The van der Waals surface area contributed by atoms with Crippen molar-refractivity contribution < 1.29 is 29.3 Å². The molecule has 3 N–H and O–H groups in total. The van der Waals surface area contributed by atoms with Crippen molar-refractivity contribution in [3.63, 3.8) is 0 Å². The molecule has 0 bridgehead atoms. The van der Waals surface area contributed by atoms with Gasteiger partial charge in [0.2, 0.25) is 0 Å². The van der Waals surface area contributed by atoms with Gasteiger partial charge in [0.15, 0.2) is 0 Å². The van der Waals surface area contributed by atoms with E-state index in [2.05, 4.69) is 5.32 Å². The quantitative estimate of drug-likeness (QED) is 0.509. The first-order valence-corrected chi connectivity index (χ1v) is 8.78. The van der Waals surface area contributed by atoms with Crippen molar-refractivity contribution in [2.45, 2.75) is 33.6 Å². The average molecular weight is 385 g/mol. The number of ether oxygens (including phenoxy) is 1. The Bertz CT molecular complexity index is 887. The lowest BCUT2D eigenvalue weighted by Crippen LogP contribution is -2.31. The highest BCUT2D eigenvalue weighted by Gasteiger charge is 2.37. The Morgan fingerprint density at radius 2 is 1.61 bits per heavy atom. The predicted molar refractivity (Wildman–Crippen MR) is 103 cm³/mol. The molecule has 0 amide bonds. The number of carboxylic acids is 2. The molecule has 7 heteroatoms. The number of rotatable bonds is 6. The van der Waals surface area contributed by atoms with E-state index in [4.69, 9.17) is 4.74 Å². The number of allylic oxidation sites excluding steroid dienone is 2. The number of dihydropyridines is 1. The summed E-state index contributed by atoms with van der Waals surface area (Å²) in [6.45, 7) is 6.72. The zero-order chi connectivity index (χ0) is 21.0. The summed E-state index contributed by atoms with van der Waals surface area (Å²) in [6.07, 6.45) is 1.58. The number of carbonyl (C=O) groups is 3. The number of nitrogens with one attached hydrogen (secondary N) is 1. The fourth-order valence-corrected chi connectivity index (χ4v) is 3.31. The van der Waals surface area contributed by atoms with E-state index in [0.29, 0.717) is 28.1 Å². The van der Waals surface area contributed by atoms with Crippen LogP contribution >= 0.6 is 0 Å². The molecule has 0 saturated carbocycles. The zero-order valence-electron chi connectivity index (χ0n) is 16.2. The van der Waals surface area contributed by atoms with Crippen molar-refractivity contribution in [2.24, 2.45) is 0 Å². The Morgan fingerprint density at radius 3 is 2.11 bits per heavy atom. The highest BCUT2D eigenvalue weighted by molar-refractivity contribution is 5.99. The first kappa shape index (κ1) is 21.0. The maximum Gasteiger partial charge on any atom is 0.334 e. The van der Waals surface area contributed by atoms with E-state index in [1.54, 1.807) is 58.0 Å². The van der Waals surface area contributed by atoms with Gasteiger partial charge in [-0.2, -0.15) is 0 Å². The van der Waals surface area contributed by atoms with Gasteiger partial charge in [-0.25, -0.2) is 14.4 Å². The molecular weight excluding hydrogens is 362 g/mol. The SMILES string of the molecule is CCOC(=O)/C(C)=C/c1ccccc1C1C(C(=O)O)=C(C)NC(C)=C1C(=O)O. The first-order valence-electron chi connectivity index (χ1n) is 8.78. The lowest BCUT2D eigenvalue weighted by Gasteiger charge is -2.29. The second-order valence-electron chi connectivity index (χ2n) is 6.42. The van der Waals surface area contributed by atoms with Crippen LogP contribution in [-0.2, 0) is 19.1 Å². The second kappa shape index (κ2) is 8.56. The maximum atomic E-state index is 12.0. The van der Waals surface area contributed by atoms with Gasteiger partial charge in [0.05, 0.1) is 23.7 Å². The molecule has 2 rings (SSSR count). The Hall–Kier alpha value is -3.35. The highest BCUT2D eigenvalue weighted by Crippen LogP contribution is 2.40. The largest absolute Gasteiger partial charge is 0.478 e. The van der Waals surface area contributed by atoms with Crippen molar-refractivity contribution in [3.8, 4) is 0 Å². The molecule has 1 heterocycles. The smallest absolute Gasteiger partial charge is 0.334 e. The Balaban J connectivity index is 2.71. The van der Waals surface area contributed by atoms with E-state index in [1.807, 2.05) is 0 Å². The number of carboxylic acid groups (broad SMARTS) is 2. The number of esters is 1. The molecule has 0 spiro atoms. The fraction of sp³-hybridized carbons (Fsp3) is 0.286. The summed E-state index contributed by atoms with van der Waals surface area (Å²) in [6, 6.07) is 6.83. The van der Waals surface area contributed by atoms with Crippen LogP contribution in [0.25, 0.3) is 6.08 Å². The molecule has 0 unspecified atom stereocenters. The van der Waals surface area contributed by atoms with Crippen molar-refractivity contribution in [2.75, 3.05) is 6.61 Å². The van der Waals surface area contributed by atoms with Crippen LogP contribution in [0.2, 0.25) is 0 Å². The molecule has 7 nitrogen and oxygen atoms in total. The molecule has 1 aromatic carbocycles. The van der Waals surface area contributed by atoms with Crippen molar-refractivity contribution >= 4 is 24.0 Å². The fourth-order valence-electron chi connectivity index (χ4n) is 3.31. The van der Waals surface area contributed by atoms with E-state index in [0.717, 1.165) is 0 Å². The molecule has 28 heavy (non-hydrogen) atoms. The molecule has 0 aromatic heterocycles. The van der Waals surface area contributed by atoms with Crippen LogP contribution in [0.1, 0.15) is 44.7 Å². The molecule has 148 valence electrons. The summed E-state index contributed by atoms with van der Waals surface area (Å²) in [5.74, 6) is -3.89. The van der Waals surface area contributed by atoms with Crippen molar-refractivity contribution in [1.82, 2.24) is 5.32 Å². The minimum absolute atomic E-state index is 0.0439. The molecule has 0 fully saturated rings. The maximum absolute atomic E-state index is 12.0. The topological polar surface area (TPSA) is 113 Å². The molecule has 1 aromatic rings. The second-order valence-corrected chi connectivity index (χ2v) is 6.42. The molecule has 1 aliphatic rings. The van der Waals surface area contributed by atoms with E-state index in [1.165, 1.54) is 0 Å². The molecule has 0 atom stereocenters. The van der Waals surface area contributed by atoms with Gasteiger partial charge in [-0.05, 0) is 44.9 Å². The summed E-state index contributed by atoms with van der Waals surface area (Å²) in [4.78, 5) is 35.9. The summed E-state index contributed by atoms with van der Waals surface area (Å²) in [5.41, 5.74) is 2.04. The van der Waals surface area contributed by atoms with Crippen LogP contribution in [0, 0.1) is 0 Å². The van der Waals surface area contributed by atoms with Crippen molar-refractivity contribution in [1.29, 1.82) is 0 Å². The van der Waals surface area contributed by atoms with E-state index in [-0.39, 0.29) is 17.8 Å². The van der Waals surface area contributed by atoms with Crippen molar-refractivity contribution in [3.05, 3.63) is 63.5 Å². The van der Waals surface area contributed by atoms with Gasteiger partial charge in [0.25, 0.3) is 0 Å². The van der Waals surface area contributed by atoms with E-state index in [9.17, 15) is 24.6 Å². The lowest BCUT2D eigenvalue weighted by atomic mass is 9.78. The van der Waals surface area contributed by atoms with Gasteiger partial charge >= 0.3 is 17.9 Å². The summed E-state index contributed by atoms with van der Waals surface area (Å²) < 4.78 is 4.99. The Labute approximate surface area is 163 Å². The normalized spacial score (nSPS) is 15.4. The minimum Gasteiger partial charge on any atom is -0.478 e. The molecule has 0 aliphatic carbocycles. The van der Waals surface area contributed by atoms with Crippen LogP contribution in [-0.4, -0.2) is 34.7 Å². The summed E-state index contributed by atoms with van der Waals surface area (Å²) in [5, 5.41) is 22.4. The third-order valence-corrected chi connectivity index (χ3v) is 4.50. The summed E-state index contributed by atoms with van der Waals surface area (Å²) in [7, 11) is 0. The Morgan fingerprint density at radius 1 is 1.07 bits per heavy atom. The van der Waals surface area contributed by atoms with Crippen LogP contribution < -0.4 is 5.32 Å². The molecular formula is C21H23NO6. The molecule has 1 aliphatic heterocycles. The summed E-state index contributed by atoms with van der Waals surface area (Å²) >= 11 is 0. The number of benzene rings is 1. The third-order valence-electron chi connectivity index (χ3n) is 4.50. The standard InChI is InChI=1S/C21H23NO6/c1-5-28-21(27)11(2)10-14-8-6-7-9-15(14)18-16(19(23)24)12(3)22-13(4)17(18)20(25)26/h6-10,18,22H,5H2,1-4H3,(H,23,24)(H,25,26)/b11-10+. The van der Waals surface area contributed by atoms with Gasteiger partial charge in [-0.15, -0.1) is 0 Å². The lowest BCUT2D eigenvalue weighted by molar-refractivity contribution is -0.138. The first-order chi connectivity index (χ1) is 13.2. The van der Waals surface area contributed by atoms with Crippen LogP contribution in [0.5, 0.6) is 0 Å². The average Bonchev–Trinajstić information content (AvgIpc) is 2.60. The van der Waals surface area contributed by atoms with Gasteiger partial charge < -0.3 is 20.3 Å². The van der Waals surface area contributed by atoms with Crippen LogP contribution in [0.3, 0.4) is 0 Å². The van der Waals surface area contributed by atoms with Gasteiger partial charge in [-0.1, -0.05) is 24.3 Å². The number of aliphatic carboxylic acids is 2. The number of hydrogen-bond acceptors (Lipinski definition) is 5. The molecule has 0 radical (unpaired) electrons. The predicted octanol–water partition coefficient (Wildman–Crippen LogP) is 3.06. The van der Waals surface area contributed by atoms with Gasteiger partial charge in [0, 0.05) is 17.0 Å². The van der Waals surface area contributed by atoms with Gasteiger partial charge in [0.1, 0.15) is 0 Å². The van der Waals surface area contributed by atoms with E-state index < -0.39 is 23.8 Å². The monoisotopic (exact) mass is 385 g/mol. The molecule has 0 saturated heterocycles. The van der Waals surface area contributed by atoms with Gasteiger partial charge in [-0.3, -0.25) is 0 Å². The van der Waals surface area contributed by atoms with Crippen LogP contribution in [0.15, 0.2) is 52.4 Å². The zero-order valence-corrected chi connectivity index (χ0v) is 16.2. The highest BCUT2D eigenvalue weighted by atomic mass is 16.5. The van der Waals surface area contributed by atoms with E-state index >= 15 is 0 Å². The Kier molecular flexibility index (Phi) is 6.41. The minimum atomic E-state index is -1.21.